The summed E-state index contributed by atoms with van der Waals surface area (Å²) in [6.45, 7) is 3.60. The molecular weight excluding hydrogens is 192 g/mol. The van der Waals surface area contributed by atoms with Gasteiger partial charge in [-0.25, -0.2) is 4.79 Å². The highest BCUT2D eigenvalue weighted by molar-refractivity contribution is 5.95. The van der Waals surface area contributed by atoms with Crippen LogP contribution in [0.4, 0.5) is 5.69 Å². The third-order valence-electron chi connectivity index (χ3n) is 2.48. The highest BCUT2D eigenvalue weighted by Crippen LogP contribution is 2.28. The van der Waals surface area contributed by atoms with Gasteiger partial charge in [0.15, 0.2) is 0 Å². The highest BCUT2D eigenvalue weighted by Gasteiger charge is 2.24. The van der Waals surface area contributed by atoms with Crippen molar-refractivity contribution in [3.63, 3.8) is 0 Å². The maximum absolute atomic E-state index is 11.1. The van der Waals surface area contributed by atoms with E-state index in [-0.39, 0.29) is 0 Å². The SMILES string of the molecule is Cc1cc(NC2CC2)c(C(=O)O)c(C)n1. The number of aromatic carboxylic acids is 1. The summed E-state index contributed by atoms with van der Waals surface area (Å²) in [6.07, 6.45) is 2.25. The lowest BCUT2D eigenvalue weighted by molar-refractivity contribution is 0.0696. The molecule has 0 unspecified atom stereocenters. The van der Waals surface area contributed by atoms with Crippen LogP contribution in [0, 0.1) is 13.8 Å². The number of hydrogen-bond acceptors (Lipinski definition) is 3. The van der Waals surface area contributed by atoms with Crippen LogP contribution in [0.1, 0.15) is 34.6 Å². The zero-order valence-corrected chi connectivity index (χ0v) is 8.87. The van der Waals surface area contributed by atoms with Crippen LogP contribution in [0.3, 0.4) is 0 Å². The zero-order valence-electron chi connectivity index (χ0n) is 8.87. The van der Waals surface area contributed by atoms with Crippen LogP contribution < -0.4 is 5.32 Å². The van der Waals surface area contributed by atoms with Crippen molar-refractivity contribution in [2.24, 2.45) is 0 Å². The van der Waals surface area contributed by atoms with E-state index in [1.807, 2.05) is 6.92 Å². The molecule has 1 aromatic heterocycles. The molecule has 0 saturated heterocycles. The van der Waals surface area contributed by atoms with Crippen LogP contribution in [0.5, 0.6) is 0 Å². The Hall–Kier alpha value is -1.58. The zero-order chi connectivity index (χ0) is 11.0. The first-order valence-electron chi connectivity index (χ1n) is 5.06. The molecule has 0 bridgehead atoms. The Morgan fingerprint density at radius 2 is 2.20 bits per heavy atom. The summed E-state index contributed by atoms with van der Waals surface area (Å²) in [5.74, 6) is -0.914. The summed E-state index contributed by atoms with van der Waals surface area (Å²) >= 11 is 0. The van der Waals surface area contributed by atoms with Crippen LogP contribution in [0.15, 0.2) is 6.07 Å². The number of pyridine rings is 1. The Kier molecular flexibility index (Phi) is 2.34. The van der Waals surface area contributed by atoms with Crippen molar-refractivity contribution >= 4 is 11.7 Å². The molecule has 4 nitrogen and oxygen atoms in total. The summed E-state index contributed by atoms with van der Waals surface area (Å²) in [7, 11) is 0. The molecule has 2 N–H and O–H groups in total. The van der Waals surface area contributed by atoms with Gasteiger partial charge in [-0.15, -0.1) is 0 Å². The van der Waals surface area contributed by atoms with Crippen LogP contribution in [-0.4, -0.2) is 22.1 Å². The summed E-state index contributed by atoms with van der Waals surface area (Å²) in [5.41, 5.74) is 2.42. The highest BCUT2D eigenvalue weighted by atomic mass is 16.4. The maximum Gasteiger partial charge on any atom is 0.339 e. The number of nitrogens with one attached hydrogen (secondary N) is 1. The topological polar surface area (TPSA) is 62.2 Å². The standard InChI is InChI=1S/C11H14N2O2/c1-6-5-9(13-8-3-4-8)10(11(14)15)7(2)12-6/h5,8H,3-4H2,1-2H3,(H,12,13)(H,14,15). The smallest absolute Gasteiger partial charge is 0.339 e. The van der Waals surface area contributed by atoms with Crippen molar-refractivity contribution in [2.45, 2.75) is 32.7 Å². The molecule has 1 fully saturated rings. The molecule has 0 radical (unpaired) electrons. The van der Waals surface area contributed by atoms with Crippen molar-refractivity contribution in [3.8, 4) is 0 Å². The van der Waals surface area contributed by atoms with Gasteiger partial charge in [0.1, 0.15) is 5.56 Å². The Morgan fingerprint density at radius 3 is 2.73 bits per heavy atom. The van der Waals surface area contributed by atoms with Crippen molar-refractivity contribution in [2.75, 3.05) is 5.32 Å². The van der Waals surface area contributed by atoms with Gasteiger partial charge in [0.05, 0.1) is 11.4 Å². The Labute approximate surface area is 88.3 Å². The third-order valence-corrected chi connectivity index (χ3v) is 2.48. The first kappa shape index (κ1) is 9.96. The molecule has 0 aromatic carbocycles. The molecule has 0 aliphatic heterocycles. The van der Waals surface area contributed by atoms with E-state index in [4.69, 9.17) is 5.11 Å². The van der Waals surface area contributed by atoms with Gasteiger partial charge in [0, 0.05) is 11.7 Å². The molecule has 1 heterocycles. The number of carbonyl (C=O) groups is 1. The number of nitrogens with zero attached hydrogens (tertiary/aromatic N) is 1. The van der Waals surface area contributed by atoms with Crippen LogP contribution in [-0.2, 0) is 0 Å². The van der Waals surface area contributed by atoms with Crippen molar-refractivity contribution in [1.82, 2.24) is 4.98 Å². The predicted molar refractivity (Wildman–Crippen MR) is 57.3 cm³/mol. The molecule has 1 aliphatic carbocycles. The predicted octanol–water partition coefficient (Wildman–Crippen LogP) is 1.97. The van der Waals surface area contributed by atoms with Gasteiger partial charge in [-0.1, -0.05) is 0 Å². The van der Waals surface area contributed by atoms with Crippen LogP contribution >= 0.6 is 0 Å². The molecule has 4 heteroatoms. The van der Waals surface area contributed by atoms with E-state index in [9.17, 15) is 4.79 Å². The minimum Gasteiger partial charge on any atom is -0.478 e. The minimum absolute atomic E-state index is 0.299. The van der Waals surface area contributed by atoms with Gasteiger partial charge in [0.2, 0.25) is 0 Å². The molecule has 80 valence electrons. The molecule has 0 amide bonds. The van der Waals surface area contributed by atoms with Gasteiger partial charge in [-0.3, -0.25) is 4.98 Å². The molecule has 1 aliphatic rings. The number of aromatic nitrogens is 1. The monoisotopic (exact) mass is 206 g/mol. The summed E-state index contributed by atoms with van der Waals surface area (Å²) < 4.78 is 0. The molecular formula is C11H14N2O2. The van der Waals surface area contributed by atoms with E-state index >= 15 is 0 Å². The lowest BCUT2D eigenvalue weighted by Gasteiger charge is -2.11. The minimum atomic E-state index is -0.914. The van der Waals surface area contributed by atoms with Crippen molar-refractivity contribution in [1.29, 1.82) is 0 Å². The number of aryl methyl sites for hydroxylation is 2. The second kappa shape index (κ2) is 3.53. The molecule has 0 atom stereocenters. The number of carboxylic acids is 1. The van der Waals surface area contributed by atoms with E-state index < -0.39 is 5.97 Å². The summed E-state index contributed by atoms with van der Waals surface area (Å²) in [4.78, 5) is 15.2. The van der Waals surface area contributed by atoms with Gasteiger partial charge in [-0.2, -0.15) is 0 Å². The molecule has 1 aromatic rings. The second-order valence-electron chi connectivity index (χ2n) is 4.00. The quantitative estimate of drug-likeness (QED) is 0.793. The van der Waals surface area contributed by atoms with Crippen molar-refractivity contribution in [3.05, 3.63) is 23.0 Å². The lowest BCUT2D eigenvalue weighted by Crippen LogP contribution is -2.11. The fourth-order valence-corrected chi connectivity index (χ4v) is 1.66. The molecule has 0 spiro atoms. The van der Waals surface area contributed by atoms with E-state index in [0.29, 0.717) is 23.0 Å². The Balaban J connectivity index is 2.42. The van der Waals surface area contributed by atoms with E-state index in [1.165, 1.54) is 0 Å². The largest absolute Gasteiger partial charge is 0.478 e. The first-order valence-corrected chi connectivity index (χ1v) is 5.06. The number of anilines is 1. The number of carboxylic acid groups (broad SMARTS) is 1. The van der Waals surface area contributed by atoms with E-state index in [0.717, 1.165) is 18.5 Å². The van der Waals surface area contributed by atoms with E-state index in [2.05, 4.69) is 10.3 Å². The maximum atomic E-state index is 11.1. The Morgan fingerprint density at radius 1 is 1.53 bits per heavy atom. The summed E-state index contributed by atoms with van der Waals surface area (Å²) in [5, 5.41) is 12.3. The fraction of sp³-hybridized carbons (Fsp3) is 0.455. The Bertz CT molecular complexity index is 411. The first-order chi connectivity index (χ1) is 7.08. The van der Waals surface area contributed by atoms with E-state index in [1.54, 1.807) is 13.0 Å². The van der Waals surface area contributed by atoms with Gasteiger partial charge >= 0.3 is 5.97 Å². The fourth-order valence-electron chi connectivity index (χ4n) is 1.66. The molecule has 1 saturated carbocycles. The average Bonchev–Trinajstić information content (AvgIpc) is 2.85. The van der Waals surface area contributed by atoms with Gasteiger partial charge in [0.25, 0.3) is 0 Å². The van der Waals surface area contributed by atoms with Gasteiger partial charge < -0.3 is 10.4 Å². The average molecular weight is 206 g/mol. The normalized spacial score (nSPS) is 15.1. The third kappa shape index (κ3) is 2.09. The molecule has 15 heavy (non-hydrogen) atoms. The lowest BCUT2D eigenvalue weighted by atomic mass is 10.1. The number of hydrogen-bond donors (Lipinski definition) is 2. The summed E-state index contributed by atoms with van der Waals surface area (Å²) in [6, 6.07) is 2.25. The van der Waals surface area contributed by atoms with Crippen molar-refractivity contribution < 1.29 is 9.90 Å². The van der Waals surface area contributed by atoms with Crippen LogP contribution in [0.2, 0.25) is 0 Å². The van der Waals surface area contributed by atoms with Crippen LogP contribution in [0.25, 0.3) is 0 Å². The number of rotatable bonds is 3. The second-order valence-corrected chi connectivity index (χ2v) is 4.00. The molecule has 2 rings (SSSR count). The van der Waals surface area contributed by atoms with Gasteiger partial charge in [-0.05, 0) is 32.8 Å².